The van der Waals surface area contributed by atoms with Crippen LogP contribution >= 0.6 is 0 Å². The number of carbonyl (C=O) groups is 1. The number of ketones is 1. The third-order valence-electron chi connectivity index (χ3n) is 1.55. The molecule has 0 atom stereocenters. The fourth-order valence-electron chi connectivity index (χ4n) is 0.864. The van der Waals surface area contributed by atoms with E-state index in [4.69, 9.17) is 0 Å². The highest BCUT2D eigenvalue weighted by molar-refractivity contribution is 5.93. The quantitative estimate of drug-likeness (QED) is 0.581. The minimum Gasteiger partial charge on any atom is -0.315 e. The topological polar surface area (TPSA) is 39.1 Å². The average Bonchev–Trinajstić information content (AvgIpc) is 1.99. The van der Waals surface area contributed by atoms with Crippen molar-refractivity contribution in [3.63, 3.8) is 0 Å². The number of hydrogen-bond donors (Lipinski definition) is 0. The van der Waals surface area contributed by atoms with Gasteiger partial charge in [0.25, 0.3) is 5.56 Å². The normalized spacial score (nSPS) is 9.92. The van der Waals surface area contributed by atoms with Gasteiger partial charge >= 0.3 is 0 Å². The third-order valence-corrected chi connectivity index (χ3v) is 1.55. The van der Waals surface area contributed by atoms with Crippen molar-refractivity contribution in [3.05, 3.63) is 34.0 Å². The molecule has 1 rings (SSSR count). The number of Topliss-reactive ketones (excluding diaryl/α,β-unsaturated/α-hetero) is 1. The summed E-state index contributed by atoms with van der Waals surface area (Å²) in [6.07, 6.45) is 1.31. The van der Waals surface area contributed by atoms with Crippen molar-refractivity contribution in [2.24, 2.45) is 7.05 Å². The molecule has 0 saturated heterocycles. The third kappa shape index (κ3) is 1.42. The second-order valence-corrected chi connectivity index (χ2v) is 2.55. The van der Waals surface area contributed by atoms with Crippen LogP contribution in [0.1, 0.15) is 17.3 Å². The van der Waals surface area contributed by atoms with Gasteiger partial charge in [0.15, 0.2) is 11.6 Å². The zero-order valence-electron chi connectivity index (χ0n) is 6.80. The summed E-state index contributed by atoms with van der Waals surface area (Å²) in [7, 11) is 1.40. The van der Waals surface area contributed by atoms with Crippen LogP contribution in [0.3, 0.4) is 0 Å². The van der Waals surface area contributed by atoms with E-state index in [1.165, 1.54) is 20.2 Å². The van der Waals surface area contributed by atoms with Crippen LogP contribution in [-0.4, -0.2) is 10.4 Å². The van der Waals surface area contributed by atoms with Crippen molar-refractivity contribution in [2.45, 2.75) is 6.92 Å². The van der Waals surface area contributed by atoms with E-state index in [1.54, 1.807) is 0 Å². The molecule has 0 saturated carbocycles. The van der Waals surface area contributed by atoms with Crippen LogP contribution in [0.5, 0.6) is 0 Å². The molecule has 0 aliphatic heterocycles. The fourth-order valence-corrected chi connectivity index (χ4v) is 0.864. The van der Waals surface area contributed by atoms with E-state index in [1.807, 2.05) is 0 Å². The standard InChI is InChI=1S/C8H8FNO2/c1-5(11)6-3-7(9)8(12)10(2)4-6/h3-4H,1-2H3. The minimum atomic E-state index is -0.898. The first kappa shape index (κ1) is 8.64. The molecular weight excluding hydrogens is 161 g/mol. The highest BCUT2D eigenvalue weighted by Gasteiger charge is 2.05. The smallest absolute Gasteiger partial charge is 0.286 e. The maximum Gasteiger partial charge on any atom is 0.286 e. The SMILES string of the molecule is CC(=O)c1cc(F)c(=O)n(C)c1. The van der Waals surface area contributed by atoms with Crippen LogP contribution < -0.4 is 5.56 Å². The van der Waals surface area contributed by atoms with Gasteiger partial charge in [-0.15, -0.1) is 0 Å². The molecule has 1 aromatic heterocycles. The van der Waals surface area contributed by atoms with Crippen LogP contribution in [0.2, 0.25) is 0 Å². The van der Waals surface area contributed by atoms with Crippen molar-refractivity contribution in [2.75, 3.05) is 0 Å². The largest absolute Gasteiger partial charge is 0.315 e. The predicted octanol–water partition coefficient (Wildman–Crippen LogP) is 0.727. The molecule has 0 fully saturated rings. The Hall–Kier alpha value is -1.45. The zero-order valence-corrected chi connectivity index (χ0v) is 6.80. The summed E-state index contributed by atoms with van der Waals surface area (Å²) in [6.45, 7) is 1.32. The number of nitrogens with zero attached hydrogens (tertiary/aromatic N) is 1. The van der Waals surface area contributed by atoms with Crippen molar-refractivity contribution >= 4 is 5.78 Å². The lowest BCUT2D eigenvalue weighted by atomic mass is 10.2. The maximum atomic E-state index is 12.7. The van der Waals surface area contributed by atoms with Gasteiger partial charge in [0.1, 0.15) is 0 Å². The molecule has 0 aliphatic carbocycles. The van der Waals surface area contributed by atoms with Gasteiger partial charge in [-0.3, -0.25) is 9.59 Å². The van der Waals surface area contributed by atoms with Gasteiger partial charge in [-0.2, -0.15) is 0 Å². The van der Waals surface area contributed by atoms with E-state index in [2.05, 4.69) is 0 Å². The van der Waals surface area contributed by atoms with E-state index in [0.717, 1.165) is 10.6 Å². The molecule has 0 N–H and O–H groups in total. The number of hydrogen-bond acceptors (Lipinski definition) is 2. The predicted molar refractivity (Wildman–Crippen MR) is 41.6 cm³/mol. The van der Waals surface area contributed by atoms with Gasteiger partial charge in [-0.1, -0.05) is 0 Å². The Labute approximate surface area is 68.4 Å². The number of rotatable bonds is 1. The first-order chi connectivity index (χ1) is 5.52. The Morgan fingerprint density at radius 2 is 2.17 bits per heavy atom. The van der Waals surface area contributed by atoms with Crippen LogP contribution in [-0.2, 0) is 7.05 Å². The van der Waals surface area contributed by atoms with Gasteiger partial charge in [0, 0.05) is 18.8 Å². The van der Waals surface area contributed by atoms with Crippen LogP contribution in [0.15, 0.2) is 17.1 Å². The van der Waals surface area contributed by atoms with Gasteiger partial charge in [-0.25, -0.2) is 4.39 Å². The summed E-state index contributed by atoms with van der Waals surface area (Å²) in [5.41, 5.74) is -0.519. The van der Waals surface area contributed by atoms with Gasteiger partial charge < -0.3 is 4.57 Å². The Balaban J connectivity index is 3.41. The highest BCUT2D eigenvalue weighted by Crippen LogP contribution is 1.99. The Kier molecular flexibility index (Phi) is 2.08. The average molecular weight is 169 g/mol. The monoisotopic (exact) mass is 169 g/mol. The minimum absolute atomic E-state index is 0.203. The summed E-state index contributed by atoms with van der Waals surface area (Å²) >= 11 is 0. The molecule has 0 aromatic carbocycles. The molecule has 0 unspecified atom stereocenters. The number of halogens is 1. The molecule has 3 nitrogen and oxygen atoms in total. The van der Waals surface area contributed by atoms with Crippen molar-refractivity contribution < 1.29 is 9.18 Å². The number of aryl methyl sites for hydroxylation is 1. The Morgan fingerprint density at radius 3 is 2.58 bits per heavy atom. The number of pyridine rings is 1. The van der Waals surface area contributed by atoms with Gasteiger partial charge in [0.05, 0.1) is 0 Å². The lowest BCUT2D eigenvalue weighted by Gasteiger charge is -1.99. The summed E-state index contributed by atoms with van der Waals surface area (Å²) in [5.74, 6) is -1.16. The lowest BCUT2D eigenvalue weighted by molar-refractivity contribution is 0.101. The fraction of sp³-hybridized carbons (Fsp3) is 0.250. The van der Waals surface area contributed by atoms with E-state index >= 15 is 0 Å². The lowest BCUT2D eigenvalue weighted by Crippen LogP contribution is -2.20. The van der Waals surface area contributed by atoms with Crippen LogP contribution in [0.25, 0.3) is 0 Å². The molecule has 0 spiro atoms. The van der Waals surface area contributed by atoms with Crippen LogP contribution in [0, 0.1) is 5.82 Å². The molecule has 0 radical (unpaired) electrons. The Morgan fingerprint density at radius 1 is 1.58 bits per heavy atom. The van der Waals surface area contributed by atoms with E-state index in [-0.39, 0.29) is 11.3 Å². The van der Waals surface area contributed by atoms with Crippen LogP contribution in [0.4, 0.5) is 4.39 Å². The van der Waals surface area contributed by atoms with E-state index in [0.29, 0.717) is 0 Å². The molecule has 1 heterocycles. The van der Waals surface area contributed by atoms with E-state index in [9.17, 15) is 14.0 Å². The maximum absolute atomic E-state index is 12.7. The van der Waals surface area contributed by atoms with Crippen molar-refractivity contribution in [3.8, 4) is 0 Å². The molecule has 1 aromatic rings. The Bertz CT molecular complexity index is 355. The van der Waals surface area contributed by atoms with Gasteiger partial charge in [-0.05, 0) is 13.0 Å². The molecule has 0 bridgehead atoms. The number of carbonyl (C=O) groups excluding carboxylic acids is 1. The van der Waals surface area contributed by atoms with Crippen molar-refractivity contribution in [1.82, 2.24) is 4.57 Å². The highest BCUT2D eigenvalue weighted by atomic mass is 19.1. The summed E-state index contributed by atoms with van der Waals surface area (Å²) < 4.78 is 13.8. The molecule has 0 aliphatic rings. The van der Waals surface area contributed by atoms with Gasteiger partial charge in [0.2, 0.25) is 0 Å². The van der Waals surface area contributed by atoms with Crippen molar-refractivity contribution in [1.29, 1.82) is 0 Å². The molecular formula is C8H8FNO2. The molecule has 0 amide bonds. The first-order valence-electron chi connectivity index (χ1n) is 3.39. The number of aromatic nitrogens is 1. The molecule has 4 heteroatoms. The zero-order chi connectivity index (χ0) is 9.30. The summed E-state index contributed by atoms with van der Waals surface area (Å²) in [6, 6.07) is 0.949. The molecule has 64 valence electrons. The summed E-state index contributed by atoms with van der Waals surface area (Å²) in [4.78, 5) is 21.6. The molecule has 12 heavy (non-hydrogen) atoms. The second-order valence-electron chi connectivity index (χ2n) is 2.55. The summed E-state index contributed by atoms with van der Waals surface area (Å²) in [5, 5.41) is 0. The first-order valence-corrected chi connectivity index (χ1v) is 3.39. The van der Waals surface area contributed by atoms with E-state index < -0.39 is 11.4 Å². The second kappa shape index (κ2) is 2.89.